The molecule has 292 valence electrons. The van der Waals surface area contributed by atoms with Crippen LogP contribution in [0.15, 0.2) is 75.5 Å². The van der Waals surface area contributed by atoms with Crippen LogP contribution in [0.1, 0.15) is 102 Å². The monoisotopic (exact) mass is 769 g/mol. The summed E-state index contributed by atoms with van der Waals surface area (Å²) >= 11 is 0. The van der Waals surface area contributed by atoms with Gasteiger partial charge in [0.1, 0.15) is 23.0 Å². The maximum Gasteiger partial charge on any atom is 0.326 e. The Hall–Kier alpha value is -5.43. The number of sulfonamides is 1. The van der Waals surface area contributed by atoms with Crippen molar-refractivity contribution in [1.82, 2.24) is 15.0 Å². The van der Waals surface area contributed by atoms with Crippen LogP contribution in [0, 0.1) is 20.8 Å². The number of aliphatic carboxylic acids is 1. The molecular formula is C42H51N5O7S. The number of carbonyl (C=O) groups is 2. The van der Waals surface area contributed by atoms with E-state index in [0.29, 0.717) is 28.9 Å². The number of amides is 1. The van der Waals surface area contributed by atoms with Gasteiger partial charge in [-0.1, -0.05) is 62.4 Å². The van der Waals surface area contributed by atoms with E-state index in [9.17, 15) is 27.9 Å². The zero-order valence-electron chi connectivity index (χ0n) is 32.5. The Kier molecular flexibility index (Phi) is 12.2. The summed E-state index contributed by atoms with van der Waals surface area (Å²) < 4.78 is 35.7. The van der Waals surface area contributed by atoms with Gasteiger partial charge in [0.15, 0.2) is 0 Å². The predicted octanol–water partition coefficient (Wildman–Crippen LogP) is 6.04. The molecule has 0 bridgehead atoms. The number of carboxylic acids is 1. The van der Waals surface area contributed by atoms with E-state index >= 15 is 0 Å². The Morgan fingerprint density at radius 3 is 2.35 bits per heavy atom. The minimum absolute atomic E-state index is 0.0239. The highest BCUT2D eigenvalue weighted by Crippen LogP contribution is 2.42. The number of fused-ring (bicyclic) bond motifs is 1. The van der Waals surface area contributed by atoms with Gasteiger partial charge in [-0.2, -0.15) is 0 Å². The van der Waals surface area contributed by atoms with E-state index in [1.807, 2.05) is 57.2 Å². The van der Waals surface area contributed by atoms with Crippen LogP contribution in [0.3, 0.4) is 0 Å². The number of guanidine groups is 1. The number of aromatic nitrogens is 1. The Balaban J connectivity index is 1.27. The average Bonchev–Trinajstić information content (AvgIpc) is 3.11. The number of pyridine rings is 1. The van der Waals surface area contributed by atoms with Gasteiger partial charge in [0.25, 0.3) is 21.5 Å². The van der Waals surface area contributed by atoms with Gasteiger partial charge in [0.2, 0.25) is 5.96 Å². The molecule has 2 heterocycles. The number of nitrogens with one attached hydrogen (secondary N) is 3. The maximum atomic E-state index is 13.6. The van der Waals surface area contributed by atoms with Crippen molar-refractivity contribution in [3.8, 4) is 16.9 Å². The molecule has 13 heteroatoms. The molecule has 3 aromatic carbocycles. The van der Waals surface area contributed by atoms with Crippen LogP contribution in [-0.4, -0.2) is 54.5 Å². The summed E-state index contributed by atoms with van der Waals surface area (Å²) in [6, 6.07) is 16.2. The smallest absolute Gasteiger partial charge is 0.326 e. The molecule has 1 atom stereocenters. The van der Waals surface area contributed by atoms with Gasteiger partial charge in [0.05, 0.1) is 4.90 Å². The number of H-pyrrole nitrogens is 1. The van der Waals surface area contributed by atoms with Crippen LogP contribution >= 0.6 is 0 Å². The Morgan fingerprint density at radius 2 is 1.65 bits per heavy atom. The Bertz CT molecular complexity index is 2310. The second-order valence-electron chi connectivity index (χ2n) is 15.0. The second kappa shape index (κ2) is 16.5. The molecule has 0 radical (unpaired) electrons. The Morgan fingerprint density at radius 1 is 0.982 bits per heavy atom. The first-order chi connectivity index (χ1) is 25.9. The fraction of sp³-hybridized carbons (Fsp3) is 0.381. The van der Waals surface area contributed by atoms with Gasteiger partial charge in [-0.15, -0.1) is 0 Å². The topological polar surface area (TPSA) is 193 Å². The summed E-state index contributed by atoms with van der Waals surface area (Å²) in [5, 5.41) is 12.5. The summed E-state index contributed by atoms with van der Waals surface area (Å²) in [7, 11) is -4.12. The summed E-state index contributed by atoms with van der Waals surface area (Å²) in [6.07, 6.45) is 3.22. The molecule has 6 N–H and O–H groups in total. The number of benzene rings is 3. The number of carbonyl (C=O) groups excluding carboxylic acids is 1. The number of carboxylic acid groups (broad SMARTS) is 1. The minimum atomic E-state index is -4.12. The molecule has 12 nitrogen and oxygen atoms in total. The van der Waals surface area contributed by atoms with Gasteiger partial charge in [-0.3, -0.25) is 14.6 Å². The maximum absolute atomic E-state index is 13.6. The largest absolute Gasteiger partial charge is 0.487 e. The first kappa shape index (κ1) is 40.7. The SMILES string of the molecule is Cc1c(C)c(S(=O)(=O)NC(N)=NCCC[C@H](NC(=O)c2c(Cc3ccccc3-c3ccccc3C(C)C)cc[nH]c2=O)C(=O)O)c(C)c2c1OC(C)(C)CC2. The van der Waals surface area contributed by atoms with Crippen LogP contribution < -0.4 is 26.1 Å². The lowest BCUT2D eigenvalue weighted by atomic mass is 9.88. The molecule has 0 unspecified atom stereocenters. The summed E-state index contributed by atoms with van der Waals surface area (Å²) in [6.45, 7) is 13.6. The van der Waals surface area contributed by atoms with Crippen LogP contribution in [0.4, 0.5) is 0 Å². The van der Waals surface area contributed by atoms with Crippen LogP contribution in [0.2, 0.25) is 0 Å². The molecule has 0 spiro atoms. The zero-order chi connectivity index (χ0) is 40.2. The number of ether oxygens (including phenoxy) is 1. The van der Waals surface area contributed by atoms with Crippen LogP contribution in [-0.2, 0) is 27.7 Å². The molecule has 55 heavy (non-hydrogen) atoms. The standard InChI is InChI=1S/C42H51N5O7S/c1-24(2)30-14-10-11-16-33(30)32-15-9-8-13-28(32)23-29-19-22-44-38(48)35(29)39(49)46-34(40(50)51)17-12-21-45-41(43)47-55(52,53)37-26(4)25(3)36-31(27(37)5)18-20-42(6,7)54-36/h8-11,13-16,19,22,24,34H,12,17-18,20-21,23H2,1-7H3,(H,44,48)(H,46,49)(H,50,51)(H3,43,45,47)/t34-/m0/s1. The van der Waals surface area contributed by atoms with Crippen molar-refractivity contribution in [2.24, 2.45) is 10.7 Å². The van der Waals surface area contributed by atoms with Crippen molar-refractivity contribution < 1.29 is 27.9 Å². The van der Waals surface area contributed by atoms with Crippen molar-refractivity contribution in [2.75, 3.05) is 6.54 Å². The number of nitrogens with zero attached hydrogens (tertiary/aromatic N) is 1. The third kappa shape index (κ3) is 9.10. The van der Waals surface area contributed by atoms with Crippen molar-refractivity contribution in [1.29, 1.82) is 0 Å². The first-order valence-electron chi connectivity index (χ1n) is 18.5. The van der Waals surface area contributed by atoms with Crippen LogP contribution in [0.5, 0.6) is 5.75 Å². The van der Waals surface area contributed by atoms with E-state index in [2.05, 4.69) is 46.0 Å². The number of hydrogen-bond donors (Lipinski definition) is 5. The van der Waals surface area contributed by atoms with E-state index in [1.165, 1.54) is 11.8 Å². The van der Waals surface area contributed by atoms with Gasteiger partial charge >= 0.3 is 5.97 Å². The third-order valence-corrected chi connectivity index (χ3v) is 11.9. The van der Waals surface area contributed by atoms with Crippen molar-refractivity contribution in [3.05, 3.63) is 116 Å². The first-order valence-corrected chi connectivity index (χ1v) is 20.0. The molecular weight excluding hydrogens is 719 g/mol. The number of aromatic amines is 1. The summed E-state index contributed by atoms with van der Waals surface area (Å²) in [5.41, 5.74) is 12.1. The molecule has 1 aliphatic rings. The van der Waals surface area contributed by atoms with E-state index in [1.54, 1.807) is 19.9 Å². The van der Waals surface area contributed by atoms with Gasteiger partial charge in [-0.05, 0) is 129 Å². The number of nitrogens with two attached hydrogens (primary N) is 1. The van der Waals surface area contributed by atoms with Gasteiger partial charge in [0, 0.05) is 12.7 Å². The quantitative estimate of drug-likeness (QED) is 0.0617. The summed E-state index contributed by atoms with van der Waals surface area (Å²) in [5.74, 6) is -1.48. The highest BCUT2D eigenvalue weighted by molar-refractivity contribution is 7.90. The molecule has 5 rings (SSSR count). The Labute approximate surface area is 322 Å². The van der Waals surface area contributed by atoms with Crippen molar-refractivity contribution in [3.63, 3.8) is 0 Å². The minimum Gasteiger partial charge on any atom is -0.487 e. The molecule has 0 saturated carbocycles. The predicted molar refractivity (Wildman–Crippen MR) is 214 cm³/mol. The lowest BCUT2D eigenvalue weighted by Crippen LogP contribution is -2.43. The molecule has 4 aromatic rings. The molecule has 1 aliphatic heterocycles. The molecule has 0 saturated heterocycles. The molecule has 1 amide bonds. The third-order valence-electron chi connectivity index (χ3n) is 10.3. The van der Waals surface area contributed by atoms with E-state index < -0.39 is 33.5 Å². The molecule has 1 aromatic heterocycles. The van der Waals surface area contributed by atoms with Crippen molar-refractivity contribution >= 4 is 27.9 Å². The highest BCUT2D eigenvalue weighted by Gasteiger charge is 2.34. The van der Waals surface area contributed by atoms with Gasteiger partial charge < -0.3 is 25.9 Å². The average molecular weight is 770 g/mol. The fourth-order valence-corrected chi connectivity index (χ4v) is 8.78. The lowest BCUT2D eigenvalue weighted by Gasteiger charge is -2.35. The van der Waals surface area contributed by atoms with Gasteiger partial charge in [-0.25, -0.2) is 17.9 Å². The fourth-order valence-electron chi connectivity index (χ4n) is 7.26. The van der Waals surface area contributed by atoms with E-state index in [0.717, 1.165) is 34.2 Å². The number of hydrogen-bond acceptors (Lipinski definition) is 7. The zero-order valence-corrected chi connectivity index (χ0v) is 33.3. The molecule has 0 fully saturated rings. The lowest BCUT2D eigenvalue weighted by molar-refractivity contribution is -0.139. The number of rotatable bonds is 13. The van der Waals surface area contributed by atoms with E-state index in [4.69, 9.17) is 10.5 Å². The van der Waals surface area contributed by atoms with Crippen LogP contribution in [0.25, 0.3) is 11.1 Å². The second-order valence-corrected chi connectivity index (χ2v) is 16.7. The summed E-state index contributed by atoms with van der Waals surface area (Å²) in [4.78, 5) is 45.7. The van der Waals surface area contributed by atoms with E-state index in [-0.39, 0.29) is 53.7 Å². The highest BCUT2D eigenvalue weighted by atomic mass is 32.2. The normalized spacial score (nSPS) is 14.5. The van der Waals surface area contributed by atoms with Crippen molar-refractivity contribution in [2.45, 2.75) is 103 Å². The molecule has 0 aliphatic carbocycles. The number of aliphatic imine (C=N–C) groups is 1.